The Balaban J connectivity index is 1.70. The summed E-state index contributed by atoms with van der Waals surface area (Å²) >= 11 is 0. The largest absolute Gasteiger partial charge is 0.299 e. The maximum atomic E-state index is 12.3. The predicted octanol–water partition coefficient (Wildman–Crippen LogP) is 2.92. The van der Waals surface area contributed by atoms with E-state index in [4.69, 9.17) is 0 Å². The molecule has 0 radical (unpaired) electrons. The van der Waals surface area contributed by atoms with Gasteiger partial charge in [0.05, 0.1) is 12.1 Å². The Morgan fingerprint density at radius 2 is 2.16 bits per heavy atom. The molecule has 2 aromatic rings. The molecule has 1 atom stereocenters. The van der Waals surface area contributed by atoms with Crippen LogP contribution in [0.4, 0.5) is 0 Å². The number of hydrogen-bond donors (Lipinski definition) is 0. The zero-order chi connectivity index (χ0) is 13.4. The first-order valence-electron chi connectivity index (χ1n) is 6.79. The second-order valence-corrected chi connectivity index (χ2v) is 5.48. The van der Waals surface area contributed by atoms with Crippen LogP contribution in [0.5, 0.6) is 0 Å². The third-order valence-corrected chi connectivity index (χ3v) is 3.79. The first-order chi connectivity index (χ1) is 9.15. The van der Waals surface area contributed by atoms with Crippen LogP contribution in [0.3, 0.4) is 0 Å². The van der Waals surface area contributed by atoms with Gasteiger partial charge in [0.15, 0.2) is 0 Å². The second kappa shape index (κ2) is 4.65. The number of hydrogen-bond acceptors (Lipinski definition) is 2. The Bertz CT molecular complexity index is 613. The summed E-state index contributed by atoms with van der Waals surface area (Å²) in [5.74, 6) is 0.369. The molecule has 1 aliphatic carbocycles. The minimum atomic E-state index is 0.0837. The van der Waals surface area contributed by atoms with Crippen molar-refractivity contribution < 1.29 is 4.79 Å². The highest BCUT2D eigenvalue weighted by Gasteiger charge is 2.31. The molecule has 3 heteroatoms. The molecule has 1 heterocycles. The van der Waals surface area contributed by atoms with E-state index in [0.29, 0.717) is 12.5 Å². The van der Waals surface area contributed by atoms with Gasteiger partial charge in [-0.2, -0.15) is 5.10 Å². The van der Waals surface area contributed by atoms with E-state index in [2.05, 4.69) is 31.1 Å². The fourth-order valence-corrected chi connectivity index (χ4v) is 2.61. The Labute approximate surface area is 113 Å². The summed E-state index contributed by atoms with van der Waals surface area (Å²) in [6.45, 7) is 4.17. The van der Waals surface area contributed by atoms with Gasteiger partial charge in [-0.3, -0.25) is 9.48 Å². The predicted molar refractivity (Wildman–Crippen MR) is 74.2 cm³/mol. The molecule has 3 nitrogen and oxygen atoms in total. The summed E-state index contributed by atoms with van der Waals surface area (Å²) in [6.07, 6.45) is 3.28. The molecule has 0 N–H and O–H groups in total. The van der Waals surface area contributed by atoms with Crippen LogP contribution < -0.4 is 0 Å². The van der Waals surface area contributed by atoms with E-state index in [-0.39, 0.29) is 11.7 Å². The fourth-order valence-electron chi connectivity index (χ4n) is 2.61. The van der Waals surface area contributed by atoms with E-state index in [1.54, 1.807) is 0 Å². The zero-order valence-electron chi connectivity index (χ0n) is 11.3. The van der Waals surface area contributed by atoms with Crippen LogP contribution in [0, 0.1) is 0 Å². The van der Waals surface area contributed by atoms with Crippen LogP contribution in [0.1, 0.15) is 42.6 Å². The monoisotopic (exact) mass is 254 g/mol. The summed E-state index contributed by atoms with van der Waals surface area (Å²) < 4.78 is 1.90. The third kappa shape index (κ3) is 2.21. The maximum absolute atomic E-state index is 12.3. The van der Waals surface area contributed by atoms with Crippen molar-refractivity contribution in [3.8, 4) is 0 Å². The Kier molecular flexibility index (Phi) is 2.97. The van der Waals surface area contributed by atoms with Crippen molar-refractivity contribution in [1.82, 2.24) is 9.78 Å². The van der Waals surface area contributed by atoms with Crippen molar-refractivity contribution in [2.45, 2.75) is 38.6 Å². The van der Waals surface area contributed by atoms with Crippen LogP contribution in [-0.4, -0.2) is 15.6 Å². The lowest BCUT2D eigenvalue weighted by atomic mass is 9.74. The molecule has 0 fully saturated rings. The van der Waals surface area contributed by atoms with Gasteiger partial charge >= 0.3 is 0 Å². The summed E-state index contributed by atoms with van der Waals surface area (Å²) in [5.41, 5.74) is 3.40. The normalized spacial score (nSPS) is 17.1. The number of carbonyl (C=O) groups is 1. The third-order valence-electron chi connectivity index (χ3n) is 3.79. The van der Waals surface area contributed by atoms with E-state index in [0.717, 1.165) is 12.1 Å². The van der Waals surface area contributed by atoms with Crippen molar-refractivity contribution in [2.75, 3.05) is 0 Å². The van der Waals surface area contributed by atoms with E-state index >= 15 is 0 Å². The summed E-state index contributed by atoms with van der Waals surface area (Å²) in [5, 5.41) is 4.44. The van der Waals surface area contributed by atoms with Gasteiger partial charge in [0, 0.05) is 18.2 Å². The van der Waals surface area contributed by atoms with Crippen molar-refractivity contribution in [1.29, 1.82) is 0 Å². The zero-order valence-corrected chi connectivity index (χ0v) is 11.3. The van der Waals surface area contributed by atoms with Crippen molar-refractivity contribution in [3.63, 3.8) is 0 Å². The second-order valence-electron chi connectivity index (χ2n) is 5.48. The highest BCUT2D eigenvalue weighted by molar-refractivity contribution is 5.90. The lowest BCUT2D eigenvalue weighted by Crippen LogP contribution is -2.26. The minimum absolute atomic E-state index is 0.0837. The molecule has 0 bridgehead atoms. The number of ketones is 1. The van der Waals surface area contributed by atoms with E-state index in [1.165, 1.54) is 11.1 Å². The molecule has 0 saturated carbocycles. The first-order valence-corrected chi connectivity index (χ1v) is 6.79. The summed E-state index contributed by atoms with van der Waals surface area (Å²) in [7, 11) is 0. The summed E-state index contributed by atoms with van der Waals surface area (Å²) in [4.78, 5) is 12.3. The van der Waals surface area contributed by atoms with Gasteiger partial charge in [-0.1, -0.05) is 24.3 Å². The molecule has 1 aromatic heterocycles. The number of carbonyl (C=O) groups excluding carboxylic acids is 1. The quantitative estimate of drug-likeness (QED) is 0.841. The number of Topliss-reactive ketones (excluding diaryl/α,β-unsaturated/α-hetero) is 1. The highest BCUT2D eigenvalue weighted by atomic mass is 16.1. The van der Waals surface area contributed by atoms with Gasteiger partial charge in [0.1, 0.15) is 5.78 Å². The van der Waals surface area contributed by atoms with Gasteiger partial charge < -0.3 is 0 Å². The van der Waals surface area contributed by atoms with Crippen molar-refractivity contribution >= 4 is 5.78 Å². The van der Waals surface area contributed by atoms with Crippen LogP contribution in [0.2, 0.25) is 0 Å². The van der Waals surface area contributed by atoms with Crippen LogP contribution in [0.15, 0.2) is 36.5 Å². The molecule has 19 heavy (non-hydrogen) atoms. The number of rotatable bonds is 4. The highest BCUT2D eigenvalue weighted by Crippen LogP contribution is 2.35. The lowest BCUT2D eigenvalue weighted by molar-refractivity contribution is -0.120. The average Bonchev–Trinajstić information content (AvgIpc) is 2.79. The molecule has 98 valence electrons. The molecule has 0 saturated heterocycles. The molecular formula is C16H18N2O. The van der Waals surface area contributed by atoms with Crippen molar-refractivity contribution in [2.24, 2.45) is 0 Å². The Hall–Kier alpha value is -1.90. The van der Waals surface area contributed by atoms with Gasteiger partial charge in [-0.15, -0.1) is 0 Å². The van der Waals surface area contributed by atoms with E-state index in [1.807, 2.05) is 29.1 Å². The number of aromatic nitrogens is 2. The fraction of sp³-hybridized carbons (Fsp3) is 0.375. The van der Waals surface area contributed by atoms with Crippen LogP contribution >= 0.6 is 0 Å². The van der Waals surface area contributed by atoms with Gasteiger partial charge in [-0.05, 0) is 37.5 Å². The van der Waals surface area contributed by atoms with Gasteiger partial charge in [0.25, 0.3) is 0 Å². The molecule has 1 unspecified atom stereocenters. The standard InChI is InChI=1S/C16H18N2O/c1-11(2)18-8-7-13(17-18)10-16(19)15-9-12-5-3-4-6-14(12)15/h3-8,11,15H,9-10H2,1-2H3. The maximum Gasteiger partial charge on any atom is 0.146 e. The topological polar surface area (TPSA) is 34.9 Å². The molecule has 0 aliphatic heterocycles. The molecular weight excluding hydrogens is 236 g/mol. The minimum Gasteiger partial charge on any atom is -0.299 e. The number of nitrogens with zero attached hydrogens (tertiary/aromatic N) is 2. The smallest absolute Gasteiger partial charge is 0.146 e. The molecule has 0 spiro atoms. The lowest BCUT2D eigenvalue weighted by Gasteiger charge is -2.28. The Morgan fingerprint density at radius 1 is 1.37 bits per heavy atom. The van der Waals surface area contributed by atoms with Crippen LogP contribution in [0.25, 0.3) is 0 Å². The number of fused-ring (bicyclic) bond motifs is 1. The first kappa shape index (κ1) is 12.2. The van der Waals surface area contributed by atoms with E-state index in [9.17, 15) is 4.79 Å². The van der Waals surface area contributed by atoms with Crippen molar-refractivity contribution in [3.05, 3.63) is 53.3 Å². The SMILES string of the molecule is CC(C)n1ccc(CC(=O)C2Cc3ccccc32)n1. The average molecular weight is 254 g/mol. The van der Waals surface area contributed by atoms with E-state index < -0.39 is 0 Å². The Morgan fingerprint density at radius 3 is 2.84 bits per heavy atom. The molecule has 1 aliphatic rings. The molecule has 3 rings (SSSR count). The van der Waals surface area contributed by atoms with Gasteiger partial charge in [0.2, 0.25) is 0 Å². The molecule has 1 aromatic carbocycles. The molecule has 0 amide bonds. The summed E-state index contributed by atoms with van der Waals surface area (Å²) in [6, 6.07) is 10.5. The van der Waals surface area contributed by atoms with Gasteiger partial charge in [-0.25, -0.2) is 0 Å². The van der Waals surface area contributed by atoms with Crippen LogP contribution in [-0.2, 0) is 17.6 Å². The number of benzene rings is 1.